The van der Waals surface area contributed by atoms with E-state index in [9.17, 15) is 9.59 Å². The first-order chi connectivity index (χ1) is 11.8. The third-order valence-corrected chi connectivity index (χ3v) is 4.29. The van der Waals surface area contributed by atoms with Gasteiger partial charge in [0.15, 0.2) is 0 Å². The molecular weight excluding hydrogens is 320 g/mol. The summed E-state index contributed by atoms with van der Waals surface area (Å²) < 4.78 is 6.45. The number of aromatic nitrogens is 3. The van der Waals surface area contributed by atoms with Crippen molar-refractivity contribution < 1.29 is 14.3 Å². The summed E-state index contributed by atoms with van der Waals surface area (Å²) in [6.07, 6.45) is 2.30. The summed E-state index contributed by atoms with van der Waals surface area (Å²) in [4.78, 5) is 30.6. The summed E-state index contributed by atoms with van der Waals surface area (Å²) in [5, 5.41) is 4.33. The Labute approximate surface area is 146 Å². The number of ether oxygens (including phenoxy) is 1. The molecular formula is C18H22N4O3. The van der Waals surface area contributed by atoms with Gasteiger partial charge in [-0.15, -0.1) is 5.10 Å². The molecule has 0 radical (unpaired) electrons. The minimum absolute atomic E-state index is 0.126. The van der Waals surface area contributed by atoms with Gasteiger partial charge in [0, 0.05) is 5.69 Å². The van der Waals surface area contributed by atoms with Gasteiger partial charge in [0.2, 0.25) is 5.82 Å². The van der Waals surface area contributed by atoms with Gasteiger partial charge in [0.1, 0.15) is 6.33 Å². The Kier molecular flexibility index (Phi) is 4.32. The normalized spacial score (nSPS) is 16.6. The maximum atomic E-state index is 13.1. The lowest BCUT2D eigenvalue weighted by Crippen LogP contribution is -2.40. The van der Waals surface area contributed by atoms with Crippen LogP contribution in [-0.4, -0.2) is 39.8 Å². The highest BCUT2D eigenvalue weighted by molar-refractivity contribution is 6.05. The Balaban J connectivity index is 1.94. The topological polar surface area (TPSA) is 77.3 Å². The van der Waals surface area contributed by atoms with Crippen LogP contribution in [0, 0.1) is 0 Å². The number of benzene rings is 1. The average Bonchev–Trinajstić information content (AvgIpc) is 3.18. The van der Waals surface area contributed by atoms with E-state index in [1.807, 2.05) is 45.0 Å². The van der Waals surface area contributed by atoms with E-state index >= 15 is 0 Å². The van der Waals surface area contributed by atoms with Gasteiger partial charge in [-0.3, -0.25) is 9.59 Å². The molecule has 0 saturated carbocycles. The van der Waals surface area contributed by atoms with Crippen LogP contribution in [0.4, 0.5) is 5.69 Å². The van der Waals surface area contributed by atoms with Crippen molar-refractivity contribution in [2.24, 2.45) is 0 Å². The number of anilines is 1. The zero-order valence-corrected chi connectivity index (χ0v) is 14.9. The number of methoxy groups -OCH3 is 1. The van der Waals surface area contributed by atoms with Gasteiger partial charge >= 0.3 is 5.97 Å². The number of para-hydroxylation sites is 1. The van der Waals surface area contributed by atoms with Crippen LogP contribution in [0.2, 0.25) is 0 Å². The van der Waals surface area contributed by atoms with Crippen LogP contribution in [0.1, 0.15) is 43.4 Å². The van der Waals surface area contributed by atoms with Crippen molar-refractivity contribution in [3.05, 3.63) is 42.0 Å². The van der Waals surface area contributed by atoms with Crippen molar-refractivity contribution in [2.45, 2.75) is 45.2 Å². The van der Waals surface area contributed by atoms with Crippen LogP contribution in [0.3, 0.4) is 0 Å². The van der Waals surface area contributed by atoms with Gasteiger partial charge in [-0.25, -0.2) is 9.67 Å². The van der Waals surface area contributed by atoms with Crippen LogP contribution in [-0.2, 0) is 21.5 Å². The summed E-state index contributed by atoms with van der Waals surface area (Å²) in [7, 11) is 1.35. The molecule has 1 aromatic carbocycles. The summed E-state index contributed by atoms with van der Waals surface area (Å²) in [5.41, 5.74) is 1.56. The third-order valence-electron chi connectivity index (χ3n) is 4.29. The monoisotopic (exact) mass is 342 g/mol. The van der Waals surface area contributed by atoms with Crippen LogP contribution >= 0.6 is 0 Å². The SMILES string of the molecule is COC(=O)C[C@@H]1Cc2ccccc2N1C(=O)c1ncn(C(C)(C)C)n1. The Morgan fingerprint density at radius 2 is 2.00 bits per heavy atom. The Bertz CT molecular complexity index is 807. The first kappa shape index (κ1) is 17.1. The molecule has 1 aromatic heterocycles. The maximum absolute atomic E-state index is 13.1. The van der Waals surface area contributed by atoms with E-state index in [1.165, 1.54) is 7.11 Å². The first-order valence-corrected chi connectivity index (χ1v) is 8.21. The predicted molar refractivity (Wildman–Crippen MR) is 92.4 cm³/mol. The molecule has 25 heavy (non-hydrogen) atoms. The molecule has 0 unspecified atom stereocenters. The minimum atomic E-state index is -0.344. The van der Waals surface area contributed by atoms with Crippen molar-refractivity contribution in [2.75, 3.05) is 12.0 Å². The molecule has 0 fully saturated rings. The number of carbonyl (C=O) groups is 2. The lowest BCUT2D eigenvalue weighted by Gasteiger charge is -2.23. The second-order valence-electron chi connectivity index (χ2n) is 7.13. The second kappa shape index (κ2) is 6.31. The smallest absolute Gasteiger partial charge is 0.307 e. The standard InChI is InChI=1S/C18H22N4O3/c1-18(2,3)21-11-19-16(20-21)17(24)22-13(10-15(23)25-4)9-12-7-5-6-8-14(12)22/h5-8,11,13H,9-10H2,1-4H3/t13-/m0/s1. The number of hydrogen-bond acceptors (Lipinski definition) is 5. The van der Waals surface area contributed by atoms with E-state index in [-0.39, 0.29) is 35.7 Å². The lowest BCUT2D eigenvalue weighted by molar-refractivity contribution is -0.140. The Morgan fingerprint density at radius 1 is 1.28 bits per heavy atom. The fourth-order valence-electron chi connectivity index (χ4n) is 2.97. The number of hydrogen-bond donors (Lipinski definition) is 0. The molecule has 7 heteroatoms. The van der Waals surface area contributed by atoms with Crippen LogP contribution in [0.25, 0.3) is 0 Å². The molecule has 0 N–H and O–H groups in total. The predicted octanol–water partition coefficient (Wildman–Crippen LogP) is 2.17. The van der Waals surface area contributed by atoms with E-state index in [1.54, 1.807) is 15.9 Å². The van der Waals surface area contributed by atoms with E-state index in [4.69, 9.17) is 4.74 Å². The van der Waals surface area contributed by atoms with Crippen molar-refractivity contribution >= 4 is 17.6 Å². The minimum Gasteiger partial charge on any atom is -0.469 e. The molecule has 2 heterocycles. The second-order valence-corrected chi connectivity index (χ2v) is 7.13. The zero-order chi connectivity index (χ0) is 18.2. The molecule has 0 spiro atoms. The number of fused-ring (bicyclic) bond motifs is 1. The van der Waals surface area contributed by atoms with Crippen molar-refractivity contribution in [1.82, 2.24) is 14.8 Å². The summed E-state index contributed by atoms with van der Waals surface area (Å²) in [5.74, 6) is -0.521. The van der Waals surface area contributed by atoms with Gasteiger partial charge in [0.05, 0.1) is 25.1 Å². The summed E-state index contributed by atoms with van der Waals surface area (Å²) in [6.45, 7) is 5.96. The highest BCUT2D eigenvalue weighted by Crippen LogP contribution is 2.34. The van der Waals surface area contributed by atoms with E-state index in [0.29, 0.717) is 6.42 Å². The zero-order valence-electron chi connectivity index (χ0n) is 14.9. The van der Waals surface area contributed by atoms with Crippen molar-refractivity contribution in [1.29, 1.82) is 0 Å². The third kappa shape index (κ3) is 3.26. The molecule has 0 bridgehead atoms. The molecule has 1 aliphatic heterocycles. The maximum Gasteiger partial charge on any atom is 0.307 e. The van der Waals surface area contributed by atoms with Gasteiger partial charge in [0.25, 0.3) is 5.91 Å². The van der Waals surface area contributed by atoms with Crippen LogP contribution in [0.15, 0.2) is 30.6 Å². The largest absolute Gasteiger partial charge is 0.469 e. The Hall–Kier alpha value is -2.70. The van der Waals surface area contributed by atoms with Crippen molar-refractivity contribution in [3.63, 3.8) is 0 Å². The molecule has 1 amide bonds. The van der Waals surface area contributed by atoms with Gasteiger partial charge in [-0.2, -0.15) is 0 Å². The van der Waals surface area contributed by atoms with Gasteiger partial charge < -0.3 is 9.64 Å². The van der Waals surface area contributed by atoms with E-state index in [0.717, 1.165) is 11.3 Å². The number of amides is 1. The molecule has 0 aliphatic carbocycles. The van der Waals surface area contributed by atoms with E-state index < -0.39 is 0 Å². The lowest BCUT2D eigenvalue weighted by atomic mass is 10.1. The average molecular weight is 342 g/mol. The Morgan fingerprint density at radius 3 is 2.64 bits per heavy atom. The fourth-order valence-corrected chi connectivity index (χ4v) is 2.97. The number of esters is 1. The van der Waals surface area contributed by atoms with Gasteiger partial charge in [-0.1, -0.05) is 18.2 Å². The van der Waals surface area contributed by atoms with Crippen LogP contribution in [0.5, 0.6) is 0 Å². The van der Waals surface area contributed by atoms with Crippen molar-refractivity contribution in [3.8, 4) is 0 Å². The highest BCUT2D eigenvalue weighted by atomic mass is 16.5. The van der Waals surface area contributed by atoms with Gasteiger partial charge in [-0.05, 0) is 38.8 Å². The molecule has 1 atom stereocenters. The first-order valence-electron chi connectivity index (χ1n) is 8.21. The fraction of sp³-hybridized carbons (Fsp3) is 0.444. The van der Waals surface area contributed by atoms with Crippen LogP contribution < -0.4 is 4.90 Å². The molecule has 132 valence electrons. The van der Waals surface area contributed by atoms with E-state index in [2.05, 4.69) is 10.1 Å². The molecule has 3 rings (SSSR count). The number of rotatable bonds is 3. The summed E-state index contributed by atoms with van der Waals surface area (Å²) >= 11 is 0. The molecule has 1 aliphatic rings. The highest BCUT2D eigenvalue weighted by Gasteiger charge is 2.37. The number of nitrogens with zero attached hydrogens (tertiary/aromatic N) is 4. The summed E-state index contributed by atoms with van der Waals surface area (Å²) in [6, 6.07) is 7.35. The quantitative estimate of drug-likeness (QED) is 0.799. The number of carbonyl (C=O) groups excluding carboxylic acids is 2. The molecule has 2 aromatic rings. The molecule has 0 saturated heterocycles. The molecule has 7 nitrogen and oxygen atoms in total.